The molecule has 0 radical (unpaired) electrons. The zero-order chi connectivity index (χ0) is 23.0. The number of aliphatic hydroxyl groups excluding tert-OH is 1. The Balaban J connectivity index is 1.98. The fourth-order valence-electron chi connectivity index (χ4n) is 3.51. The minimum absolute atomic E-state index is 0.0645. The van der Waals surface area contributed by atoms with Crippen molar-refractivity contribution in [1.82, 2.24) is 5.32 Å². The number of hydrogen-bond donors (Lipinski definition) is 2. The molecule has 0 bridgehead atoms. The number of alkyl halides is 1. The molecule has 1 aliphatic rings. The summed E-state index contributed by atoms with van der Waals surface area (Å²) in [7, 11) is 0. The number of aliphatic hydroxyl groups is 1. The monoisotopic (exact) mass is 504 g/mol. The van der Waals surface area contributed by atoms with E-state index in [1.54, 1.807) is 30.3 Å². The van der Waals surface area contributed by atoms with Gasteiger partial charge in [-0.1, -0.05) is 40.2 Å². The maximum absolute atomic E-state index is 13.2. The number of amides is 1. The smallest absolute Gasteiger partial charge is 0.252 e. The van der Waals surface area contributed by atoms with Gasteiger partial charge in [0.1, 0.15) is 12.4 Å². The average molecular weight is 505 g/mol. The Labute approximate surface area is 195 Å². The number of benzene rings is 2. The van der Waals surface area contributed by atoms with E-state index in [-0.39, 0.29) is 19.6 Å². The van der Waals surface area contributed by atoms with Gasteiger partial charge in [0, 0.05) is 41.6 Å². The van der Waals surface area contributed by atoms with E-state index in [4.69, 9.17) is 19.6 Å². The molecule has 1 amide bonds. The van der Waals surface area contributed by atoms with Gasteiger partial charge in [0.15, 0.2) is 11.6 Å². The van der Waals surface area contributed by atoms with Crippen molar-refractivity contribution in [3.05, 3.63) is 76.8 Å². The van der Waals surface area contributed by atoms with E-state index in [2.05, 4.69) is 27.8 Å². The Hall–Kier alpha value is -2.71. The summed E-state index contributed by atoms with van der Waals surface area (Å²) in [4.78, 5) is 18.0. The second kappa shape index (κ2) is 11.2. The van der Waals surface area contributed by atoms with Crippen LogP contribution in [0.25, 0.3) is 0 Å². The Morgan fingerprint density at radius 2 is 2.06 bits per heavy atom. The van der Waals surface area contributed by atoms with Gasteiger partial charge in [-0.2, -0.15) is 0 Å². The third kappa shape index (κ3) is 5.19. The van der Waals surface area contributed by atoms with Crippen LogP contribution in [0.2, 0.25) is 0 Å². The third-order valence-electron chi connectivity index (χ3n) is 5.05. The molecule has 170 valence electrons. The van der Waals surface area contributed by atoms with Crippen molar-refractivity contribution in [3.8, 4) is 5.75 Å². The first-order valence-corrected chi connectivity index (χ1v) is 11.1. The molecule has 3 rings (SSSR count). The van der Waals surface area contributed by atoms with Crippen LogP contribution in [-0.4, -0.2) is 48.9 Å². The lowest BCUT2D eigenvalue weighted by Crippen LogP contribution is -2.48. The highest BCUT2D eigenvalue weighted by Crippen LogP contribution is 2.44. The standard InChI is InChI=1S/C24H26BrFN2O4/c1-2-12-24(23(30)27-14-13-26)21(19-6-3-4-7-20(19)25)32-22(28-24)17-8-10-18(11-9-17)31-16-5-15-29/h2-4,6-11,21,29H,1,5,12-16H2,(H,27,30)/t21-,24-/m1/s1. The van der Waals surface area contributed by atoms with Crippen molar-refractivity contribution in [3.63, 3.8) is 0 Å². The van der Waals surface area contributed by atoms with Crippen LogP contribution in [-0.2, 0) is 9.53 Å². The van der Waals surface area contributed by atoms with Crippen LogP contribution in [0.4, 0.5) is 4.39 Å². The van der Waals surface area contributed by atoms with Gasteiger partial charge in [-0.05, 0) is 30.3 Å². The first-order valence-electron chi connectivity index (χ1n) is 10.4. The number of carbonyl (C=O) groups excluding carboxylic acids is 1. The largest absolute Gasteiger partial charge is 0.494 e. The normalized spacial score (nSPS) is 19.7. The maximum atomic E-state index is 13.2. The summed E-state index contributed by atoms with van der Waals surface area (Å²) < 4.78 is 25.4. The van der Waals surface area contributed by atoms with Crippen molar-refractivity contribution in [2.45, 2.75) is 24.5 Å². The zero-order valence-electron chi connectivity index (χ0n) is 17.6. The van der Waals surface area contributed by atoms with Crippen LogP contribution < -0.4 is 10.1 Å². The average Bonchev–Trinajstić information content (AvgIpc) is 3.19. The van der Waals surface area contributed by atoms with E-state index in [9.17, 15) is 9.18 Å². The molecule has 0 spiro atoms. The van der Waals surface area contributed by atoms with Gasteiger partial charge in [0.05, 0.1) is 6.61 Å². The molecule has 2 N–H and O–H groups in total. The molecule has 1 heterocycles. The first-order chi connectivity index (χ1) is 15.6. The Morgan fingerprint density at radius 3 is 2.72 bits per heavy atom. The summed E-state index contributed by atoms with van der Waals surface area (Å²) in [5.74, 6) is 0.542. The molecule has 1 aliphatic heterocycles. The van der Waals surface area contributed by atoms with Gasteiger partial charge in [-0.3, -0.25) is 4.79 Å². The van der Waals surface area contributed by atoms with Gasteiger partial charge in [0.25, 0.3) is 5.91 Å². The highest BCUT2D eigenvalue weighted by Gasteiger charge is 2.52. The van der Waals surface area contributed by atoms with E-state index in [1.165, 1.54) is 0 Å². The third-order valence-corrected chi connectivity index (χ3v) is 5.78. The molecular formula is C24H26BrFN2O4. The SMILES string of the molecule is C=CC[C@@]1(C(=O)NCCF)N=C(c2ccc(OCCCO)cc2)O[C@@H]1c1ccccc1Br. The van der Waals surface area contributed by atoms with Crippen molar-refractivity contribution < 1.29 is 23.8 Å². The lowest BCUT2D eigenvalue weighted by atomic mass is 9.84. The number of aliphatic imine (C=N–C) groups is 1. The quantitative estimate of drug-likeness (QED) is 0.356. The van der Waals surface area contributed by atoms with E-state index in [0.29, 0.717) is 30.2 Å². The Morgan fingerprint density at radius 1 is 1.31 bits per heavy atom. The molecule has 0 aliphatic carbocycles. The van der Waals surface area contributed by atoms with Gasteiger partial charge >= 0.3 is 0 Å². The Bertz CT molecular complexity index is 967. The molecule has 0 unspecified atom stereocenters. The summed E-state index contributed by atoms with van der Waals surface area (Å²) in [6.45, 7) is 3.50. The van der Waals surface area contributed by atoms with E-state index >= 15 is 0 Å². The van der Waals surface area contributed by atoms with E-state index in [0.717, 1.165) is 10.0 Å². The zero-order valence-corrected chi connectivity index (χ0v) is 19.2. The summed E-state index contributed by atoms with van der Waals surface area (Å²) in [5, 5.41) is 11.5. The minimum atomic E-state index is -1.33. The summed E-state index contributed by atoms with van der Waals surface area (Å²) in [6, 6.07) is 14.6. The number of halogens is 2. The van der Waals surface area contributed by atoms with E-state index < -0.39 is 24.2 Å². The number of nitrogens with one attached hydrogen (secondary N) is 1. The molecule has 6 nitrogen and oxygen atoms in total. The van der Waals surface area contributed by atoms with E-state index in [1.807, 2.05) is 24.3 Å². The highest BCUT2D eigenvalue weighted by molar-refractivity contribution is 9.10. The molecule has 2 aromatic rings. The fraction of sp³-hybridized carbons (Fsp3) is 0.333. The number of carbonyl (C=O) groups is 1. The summed E-state index contributed by atoms with van der Waals surface area (Å²) in [5.41, 5.74) is 0.111. The van der Waals surface area contributed by atoms with Crippen LogP contribution in [0.5, 0.6) is 5.75 Å². The summed E-state index contributed by atoms with van der Waals surface area (Å²) >= 11 is 3.54. The second-order valence-electron chi connectivity index (χ2n) is 7.25. The van der Waals surface area contributed by atoms with Gasteiger partial charge in [-0.15, -0.1) is 6.58 Å². The predicted molar refractivity (Wildman–Crippen MR) is 125 cm³/mol. The van der Waals surface area contributed by atoms with Crippen LogP contribution in [0.15, 0.2) is 70.7 Å². The van der Waals surface area contributed by atoms with Crippen molar-refractivity contribution in [2.24, 2.45) is 4.99 Å². The first kappa shape index (κ1) is 23.9. The van der Waals surface area contributed by atoms with Crippen LogP contribution in [0.1, 0.15) is 30.1 Å². The van der Waals surface area contributed by atoms with Crippen molar-refractivity contribution in [2.75, 3.05) is 26.4 Å². The molecule has 2 aromatic carbocycles. The second-order valence-corrected chi connectivity index (χ2v) is 8.10. The van der Waals surface area contributed by atoms with Crippen LogP contribution in [0.3, 0.4) is 0 Å². The number of ether oxygens (including phenoxy) is 2. The topological polar surface area (TPSA) is 80.2 Å². The molecule has 0 saturated carbocycles. The number of rotatable bonds is 11. The van der Waals surface area contributed by atoms with Crippen LogP contribution in [0, 0.1) is 0 Å². The molecule has 2 atom stereocenters. The Kier molecular flexibility index (Phi) is 8.41. The molecular weight excluding hydrogens is 479 g/mol. The molecule has 32 heavy (non-hydrogen) atoms. The van der Waals surface area contributed by atoms with Crippen molar-refractivity contribution in [1.29, 1.82) is 0 Å². The highest BCUT2D eigenvalue weighted by atomic mass is 79.9. The lowest BCUT2D eigenvalue weighted by molar-refractivity contribution is -0.128. The molecule has 0 saturated heterocycles. The minimum Gasteiger partial charge on any atom is -0.494 e. The van der Waals surface area contributed by atoms with Gasteiger partial charge < -0.3 is 19.9 Å². The maximum Gasteiger partial charge on any atom is 0.252 e. The van der Waals surface area contributed by atoms with Gasteiger partial charge in [0.2, 0.25) is 5.90 Å². The molecule has 8 heteroatoms. The molecule has 0 aromatic heterocycles. The van der Waals surface area contributed by atoms with Crippen molar-refractivity contribution >= 4 is 27.7 Å². The summed E-state index contributed by atoms with van der Waals surface area (Å²) in [6.07, 6.45) is 1.64. The fourth-order valence-corrected chi connectivity index (χ4v) is 4.01. The number of nitrogens with zero attached hydrogens (tertiary/aromatic N) is 1. The number of hydrogen-bond acceptors (Lipinski definition) is 5. The molecule has 0 fully saturated rings. The van der Waals surface area contributed by atoms with Crippen LogP contribution >= 0.6 is 15.9 Å². The lowest BCUT2D eigenvalue weighted by Gasteiger charge is -2.30. The van der Waals surface area contributed by atoms with Gasteiger partial charge in [-0.25, -0.2) is 9.38 Å². The predicted octanol–water partition coefficient (Wildman–Crippen LogP) is 4.13.